The van der Waals surface area contributed by atoms with Crippen molar-refractivity contribution < 1.29 is 14.7 Å². The molecule has 2 rings (SSSR count). The zero-order valence-corrected chi connectivity index (χ0v) is 7.28. The van der Waals surface area contributed by atoms with E-state index in [1.807, 2.05) is 0 Å². The van der Waals surface area contributed by atoms with Crippen LogP contribution in [0.4, 0.5) is 0 Å². The third-order valence-corrected chi connectivity index (χ3v) is 1.98. The van der Waals surface area contributed by atoms with E-state index in [0.717, 1.165) is 12.8 Å². The van der Waals surface area contributed by atoms with E-state index in [0.29, 0.717) is 0 Å². The van der Waals surface area contributed by atoms with Gasteiger partial charge < -0.3 is 15.4 Å². The average molecular weight is 195 g/mol. The fraction of sp³-hybridized carbons (Fsp3) is 0.375. The van der Waals surface area contributed by atoms with Crippen molar-refractivity contribution in [2.24, 2.45) is 0 Å². The SMILES string of the molecule is O=C(NC1CC1)c1nc[nH]c1C(=O)O. The molecule has 1 aliphatic rings. The molecule has 1 aromatic rings. The first-order chi connectivity index (χ1) is 6.68. The molecule has 1 aliphatic carbocycles. The van der Waals surface area contributed by atoms with Crippen molar-refractivity contribution in [3.8, 4) is 0 Å². The maximum absolute atomic E-state index is 11.4. The smallest absolute Gasteiger partial charge is 0.354 e. The molecule has 3 N–H and O–H groups in total. The van der Waals surface area contributed by atoms with Crippen molar-refractivity contribution in [1.29, 1.82) is 0 Å². The highest BCUT2D eigenvalue weighted by molar-refractivity contribution is 6.02. The van der Waals surface area contributed by atoms with E-state index in [4.69, 9.17) is 5.11 Å². The largest absolute Gasteiger partial charge is 0.477 e. The molecule has 0 saturated heterocycles. The Morgan fingerprint density at radius 3 is 2.86 bits per heavy atom. The number of amides is 1. The van der Waals surface area contributed by atoms with Gasteiger partial charge in [0, 0.05) is 6.04 Å². The molecular formula is C8H9N3O3. The predicted molar refractivity (Wildman–Crippen MR) is 46.0 cm³/mol. The Morgan fingerprint density at radius 2 is 2.29 bits per heavy atom. The number of aromatic carboxylic acids is 1. The summed E-state index contributed by atoms with van der Waals surface area (Å²) in [5.41, 5.74) is -0.215. The zero-order valence-electron chi connectivity index (χ0n) is 7.28. The quantitative estimate of drug-likeness (QED) is 0.632. The molecule has 0 unspecified atom stereocenters. The number of aromatic nitrogens is 2. The number of carbonyl (C=O) groups is 2. The van der Waals surface area contributed by atoms with Crippen LogP contribution in [0.5, 0.6) is 0 Å². The number of nitrogens with zero attached hydrogens (tertiary/aromatic N) is 1. The predicted octanol–water partition coefficient (Wildman–Crippen LogP) is 0.000100. The zero-order chi connectivity index (χ0) is 10.1. The first-order valence-corrected chi connectivity index (χ1v) is 4.26. The molecule has 6 heteroatoms. The van der Waals surface area contributed by atoms with Gasteiger partial charge in [0.25, 0.3) is 5.91 Å². The summed E-state index contributed by atoms with van der Waals surface area (Å²) in [4.78, 5) is 28.1. The topological polar surface area (TPSA) is 95.1 Å². The van der Waals surface area contributed by atoms with E-state index in [2.05, 4.69) is 15.3 Å². The standard InChI is InChI=1S/C8H9N3O3/c12-7(11-4-1-2-4)5-6(8(13)14)10-3-9-5/h3-4H,1-2H2,(H,9,10)(H,11,12)(H,13,14). The second-order valence-electron chi connectivity index (χ2n) is 3.18. The Hall–Kier alpha value is -1.85. The Balaban J connectivity index is 2.17. The number of imidazole rings is 1. The minimum absolute atomic E-state index is 0.0515. The van der Waals surface area contributed by atoms with Gasteiger partial charge in [-0.1, -0.05) is 0 Å². The minimum Gasteiger partial charge on any atom is -0.477 e. The van der Waals surface area contributed by atoms with Crippen molar-refractivity contribution in [1.82, 2.24) is 15.3 Å². The number of H-pyrrole nitrogens is 1. The van der Waals surface area contributed by atoms with Crippen LogP contribution in [0, 0.1) is 0 Å². The van der Waals surface area contributed by atoms with Gasteiger partial charge in [0.15, 0.2) is 11.4 Å². The van der Waals surface area contributed by atoms with Gasteiger partial charge in [-0.15, -0.1) is 0 Å². The average Bonchev–Trinajstić information content (AvgIpc) is 2.81. The molecule has 1 amide bonds. The summed E-state index contributed by atoms with van der Waals surface area (Å²) in [5.74, 6) is -1.60. The van der Waals surface area contributed by atoms with Crippen LogP contribution < -0.4 is 5.32 Å². The second-order valence-corrected chi connectivity index (χ2v) is 3.18. The molecule has 74 valence electrons. The number of carbonyl (C=O) groups excluding carboxylic acids is 1. The maximum Gasteiger partial charge on any atom is 0.354 e. The molecule has 0 radical (unpaired) electrons. The normalized spacial score (nSPS) is 15.1. The summed E-state index contributed by atoms with van der Waals surface area (Å²) in [7, 11) is 0. The van der Waals surface area contributed by atoms with Gasteiger partial charge in [-0.05, 0) is 12.8 Å². The number of rotatable bonds is 3. The Bertz CT molecular complexity index is 381. The van der Waals surface area contributed by atoms with Crippen LogP contribution in [-0.4, -0.2) is 33.0 Å². The highest BCUT2D eigenvalue weighted by Gasteiger charge is 2.27. The number of hydrogen-bond acceptors (Lipinski definition) is 3. The van der Waals surface area contributed by atoms with Gasteiger partial charge in [-0.3, -0.25) is 4.79 Å². The van der Waals surface area contributed by atoms with Crippen molar-refractivity contribution >= 4 is 11.9 Å². The summed E-state index contributed by atoms with van der Waals surface area (Å²) in [6.07, 6.45) is 3.11. The summed E-state index contributed by atoms with van der Waals surface area (Å²) in [6, 6.07) is 0.195. The fourth-order valence-corrected chi connectivity index (χ4v) is 1.11. The molecule has 1 aromatic heterocycles. The summed E-state index contributed by atoms with van der Waals surface area (Å²) in [6.45, 7) is 0. The Morgan fingerprint density at radius 1 is 1.57 bits per heavy atom. The molecule has 0 spiro atoms. The summed E-state index contributed by atoms with van der Waals surface area (Å²) in [5, 5.41) is 11.4. The third kappa shape index (κ3) is 1.59. The number of hydrogen-bond donors (Lipinski definition) is 3. The van der Waals surface area contributed by atoms with E-state index in [1.54, 1.807) is 0 Å². The molecule has 0 aliphatic heterocycles. The van der Waals surface area contributed by atoms with Crippen molar-refractivity contribution in [2.45, 2.75) is 18.9 Å². The molecule has 0 atom stereocenters. The molecular weight excluding hydrogens is 186 g/mol. The monoisotopic (exact) mass is 195 g/mol. The number of nitrogens with one attached hydrogen (secondary N) is 2. The Kier molecular flexibility index (Phi) is 1.95. The second kappa shape index (κ2) is 3.13. The van der Waals surface area contributed by atoms with E-state index in [1.165, 1.54) is 6.33 Å². The first kappa shape index (κ1) is 8.74. The highest BCUT2D eigenvalue weighted by Crippen LogP contribution is 2.19. The van der Waals surface area contributed by atoms with Gasteiger partial charge in [-0.25, -0.2) is 9.78 Å². The lowest BCUT2D eigenvalue weighted by molar-refractivity contribution is 0.0685. The van der Waals surface area contributed by atoms with Crippen LogP contribution in [0.1, 0.15) is 33.8 Å². The fourth-order valence-electron chi connectivity index (χ4n) is 1.11. The molecule has 1 fully saturated rings. The lowest BCUT2D eigenvalue weighted by atomic mass is 10.3. The first-order valence-electron chi connectivity index (χ1n) is 4.26. The van der Waals surface area contributed by atoms with Crippen LogP contribution >= 0.6 is 0 Å². The van der Waals surface area contributed by atoms with Gasteiger partial charge >= 0.3 is 5.97 Å². The van der Waals surface area contributed by atoms with Crippen LogP contribution in [0.25, 0.3) is 0 Å². The number of carboxylic acid groups (broad SMARTS) is 1. The lowest BCUT2D eigenvalue weighted by Gasteiger charge is -2.00. The minimum atomic E-state index is -1.18. The van der Waals surface area contributed by atoms with E-state index in [9.17, 15) is 9.59 Å². The number of aromatic amines is 1. The molecule has 14 heavy (non-hydrogen) atoms. The van der Waals surface area contributed by atoms with Crippen LogP contribution in [0.2, 0.25) is 0 Å². The maximum atomic E-state index is 11.4. The lowest BCUT2D eigenvalue weighted by Crippen LogP contribution is -2.27. The van der Waals surface area contributed by atoms with Crippen molar-refractivity contribution in [3.05, 3.63) is 17.7 Å². The summed E-state index contributed by atoms with van der Waals surface area (Å²) >= 11 is 0. The van der Waals surface area contributed by atoms with E-state index >= 15 is 0 Å². The molecule has 0 bridgehead atoms. The Labute approximate surface area is 79.3 Å². The van der Waals surface area contributed by atoms with Gasteiger partial charge in [0.2, 0.25) is 0 Å². The van der Waals surface area contributed by atoms with Gasteiger partial charge in [0.05, 0.1) is 6.33 Å². The van der Waals surface area contributed by atoms with Crippen LogP contribution in [0.3, 0.4) is 0 Å². The highest BCUT2D eigenvalue weighted by atomic mass is 16.4. The number of carboxylic acids is 1. The third-order valence-electron chi connectivity index (χ3n) is 1.98. The van der Waals surface area contributed by atoms with Crippen LogP contribution in [-0.2, 0) is 0 Å². The van der Waals surface area contributed by atoms with Crippen molar-refractivity contribution in [2.75, 3.05) is 0 Å². The van der Waals surface area contributed by atoms with E-state index < -0.39 is 11.9 Å². The summed E-state index contributed by atoms with van der Waals surface area (Å²) < 4.78 is 0. The van der Waals surface area contributed by atoms with Gasteiger partial charge in [-0.2, -0.15) is 0 Å². The van der Waals surface area contributed by atoms with Crippen molar-refractivity contribution in [3.63, 3.8) is 0 Å². The molecule has 6 nitrogen and oxygen atoms in total. The molecule has 1 heterocycles. The molecule has 1 saturated carbocycles. The molecule has 0 aromatic carbocycles. The van der Waals surface area contributed by atoms with Gasteiger partial charge in [0.1, 0.15) is 0 Å². The van der Waals surface area contributed by atoms with E-state index in [-0.39, 0.29) is 17.4 Å². The van der Waals surface area contributed by atoms with Crippen LogP contribution in [0.15, 0.2) is 6.33 Å².